The van der Waals surface area contributed by atoms with Gasteiger partial charge in [-0.3, -0.25) is 19.6 Å². The largest absolute Gasteiger partial charge is 0.506 e. The Hall–Kier alpha value is -2.82. The first-order valence-electron chi connectivity index (χ1n) is 7.68. The van der Waals surface area contributed by atoms with Crippen LogP contribution in [0.2, 0.25) is 5.02 Å². The average Bonchev–Trinajstić information content (AvgIpc) is 3.32. The lowest BCUT2D eigenvalue weighted by Gasteiger charge is -2.09. The van der Waals surface area contributed by atoms with Gasteiger partial charge in [-0.15, -0.1) is 0 Å². The number of hydrogen-bond donors (Lipinski definition) is 2. The molecule has 1 aliphatic rings. The molecule has 1 aromatic heterocycles. The van der Waals surface area contributed by atoms with Gasteiger partial charge in [0.05, 0.1) is 27.4 Å². The first-order valence-corrected chi connectivity index (χ1v) is 8.06. The van der Waals surface area contributed by atoms with E-state index in [2.05, 4.69) is 10.4 Å². The van der Waals surface area contributed by atoms with E-state index in [9.17, 15) is 33.2 Å². The fourth-order valence-corrected chi connectivity index (χ4v) is 2.96. The molecule has 3 rings (SSSR count). The number of anilines is 1. The number of halogens is 4. The summed E-state index contributed by atoms with van der Waals surface area (Å²) in [5, 5.41) is 25.6. The van der Waals surface area contributed by atoms with Crippen molar-refractivity contribution in [1.29, 1.82) is 0 Å². The smallest absolute Gasteiger partial charge is 0.436 e. The van der Waals surface area contributed by atoms with Crippen molar-refractivity contribution in [2.75, 3.05) is 5.32 Å². The summed E-state index contributed by atoms with van der Waals surface area (Å²) in [7, 11) is 0. The maximum Gasteiger partial charge on any atom is 0.436 e. The van der Waals surface area contributed by atoms with Crippen LogP contribution < -0.4 is 5.32 Å². The highest BCUT2D eigenvalue weighted by molar-refractivity contribution is 6.32. The summed E-state index contributed by atoms with van der Waals surface area (Å²) < 4.78 is 40.0. The summed E-state index contributed by atoms with van der Waals surface area (Å²) in [4.78, 5) is 22.1. The molecule has 2 aromatic rings. The number of nitro benzene ring substituents is 1. The van der Waals surface area contributed by atoms with Crippen LogP contribution in [0.25, 0.3) is 0 Å². The minimum Gasteiger partial charge on any atom is -0.506 e. The van der Waals surface area contributed by atoms with Crippen LogP contribution in [0.1, 0.15) is 30.1 Å². The molecule has 144 valence electrons. The van der Waals surface area contributed by atoms with Crippen LogP contribution in [-0.2, 0) is 17.5 Å². The third-order valence-electron chi connectivity index (χ3n) is 3.92. The Bertz CT molecular complexity index is 925. The minimum atomic E-state index is -4.75. The van der Waals surface area contributed by atoms with Crippen LogP contribution in [0, 0.1) is 10.1 Å². The van der Waals surface area contributed by atoms with E-state index in [1.807, 2.05) is 0 Å². The van der Waals surface area contributed by atoms with E-state index >= 15 is 0 Å². The van der Waals surface area contributed by atoms with Gasteiger partial charge in [0.2, 0.25) is 5.91 Å². The van der Waals surface area contributed by atoms with Gasteiger partial charge in [0, 0.05) is 12.0 Å². The van der Waals surface area contributed by atoms with Crippen molar-refractivity contribution >= 4 is 28.9 Å². The number of carbonyl (C=O) groups is 1. The number of benzene rings is 1. The molecule has 27 heavy (non-hydrogen) atoms. The molecule has 2 N–H and O–H groups in total. The standard InChI is InChI=1S/C15H12ClF3N4O4/c16-12-13(7-1-2-7)22(21-14(12)15(17,18)19)6-11(25)20-9-4-3-8(23(26)27)5-10(9)24/h3-5,7,24H,1-2,6H2,(H,20,25). The summed E-state index contributed by atoms with van der Waals surface area (Å²) in [6.07, 6.45) is -3.46. The highest BCUT2D eigenvalue weighted by Gasteiger charge is 2.42. The molecule has 0 atom stereocenters. The second-order valence-electron chi connectivity index (χ2n) is 5.98. The average molecular weight is 405 g/mol. The second kappa shape index (κ2) is 6.72. The number of aromatic hydroxyl groups is 1. The Balaban J connectivity index is 1.81. The number of phenolic OH excluding ortho intramolecular Hbond substituents is 1. The Morgan fingerprint density at radius 1 is 1.44 bits per heavy atom. The monoisotopic (exact) mass is 404 g/mol. The molecule has 12 heteroatoms. The van der Waals surface area contributed by atoms with Gasteiger partial charge in [0.15, 0.2) is 5.69 Å². The molecule has 0 saturated heterocycles. The molecule has 1 aliphatic carbocycles. The van der Waals surface area contributed by atoms with Gasteiger partial charge in [-0.2, -0.15) is 18.3 Å². The fraction of sp³-hybridized carbons (Fsp3) is 0.333. The first kappa shape index (κ1) is 19.0. The summed E-state index contributed by atoms with van der Waals surface area (Å²) in [6.45, 7) is -0.557. The molecule has 0 radical (unpaired) electrons. The summed E-state index contributed by atoms with van der Waals surface area (Å²) >= 11 is 5.83. The minimum absolute atomic E-state index is 0.118. The van der Waals surface area contributed by atoms with Gasteiger partial charge >= 0.3 is 6.18 Å². The van der Waals surface area contributed by atoms with Crippen molar-refractivity contribution in [3.63, 3.8) is 0 Å². The lowest BCUT2D eigenvalue weighted by Crippen LogP contribution is -2.21. The topological polar surface area (TPSA) is 110 Å². The number of nitrogens with one attached hydrogen (secondary N) is 1. The number of amides is 1. The van der Waals surface area contributed by atoms with Crippen molar-refractivity contribution in [3.05, 3.63) is 44.7 Å². The molecule has 0 unspecified atom stereocenters. The Morgan fingerprint density at radius 2 is 2.11 bits per heavy atom. The Morgan fingerprint density at radius 3 is 2.63 bits per heavy atom. The quantitative estimate of drug-likeness (QED) is 0.448. The van der Waals surface area contributed by atoms with Crippen LogP contribution in [0.15, 0.2) is 18.2 Å². The van der Waals surface area contributed by atoms with Crippen LogP contribution >= 0.6 is 11.6 Å². The van der Waals surface area contributed by atoms with Crippen molar-refractivity contribution in [2.24, 2.45) is 0 Å². The van der Waals surface area contributed by atoms with Gasteiger partial charge in [-0.25, -0.2) is 0 Å². The van der Waals surface area contributed by atoms with Crippen LogP contribution in [-0.4, -0.2) is 25.7 Å². The number of nitro groups is 1. The van der Waals surface area contributed by atoms with Crippen molar-refractivity contribution in [3.8, 4) is 5.75 Å². The molecule has 1 saturated carbocycles. The van der Waals surface area contributed by atoms with Crippen LogP contribution in [0.5, 0.6) is 5.75 Å². The van der Waals surface area contributed by atoms with Gasteiger partial charge in [-0.1, -0.05) is 11.6 Å². The zero-order valence-electron chi connectivity index (χ0n) is 13.5. The van der Waals surface area contributed by atoms with Crippen molar-refractivity contribution < 1.29 is 28.0 Å². The van der Waals surface area contributed by atoms with E-state index in [1.165, 1.54) is 0 Å². The maximum absolute atomic E-state index is 13.0. The second-order valence-corrected chi connectivity index (χ2v) is 6.36. The molecular weight excluding hydrogens is 393 g/mol. The number of phenols is 1. The van der Waals surface area contributed by atoms with Crippen LogP contribution in [0.3, 0.4) is 0 Å². The van der Waals surface area contributed by atoms with Gasteiger partial charge < -0.3 is 10.4 Å². The number of alkyl halides is 3. The lowest BCUT2D eigenvalue weighted by atomic mass is 10.2. The van der Waals surface area contributed by atoms with E-state index in [0.717, 1.165) is 22.9 Å². The highest BCUT2D eigenvalue weighted by Crippen LogP contribution is 2.46. The number of non-ortho nitro benzene ring substituents is 1. The van der Waals surface area contributed by atoms with Crippen LogP contribution in [0.4, 0.5) is 24.5 Å². The lowest BCUT2D eigenvalue weighted by molar-refractivity contribution is -0.384. The molecule has 0 bridgehead atoms. The molecule has 0 aliphatic heterocycles. The molecule has 1 amide bonds. The van der Waals surface area contributed by atoms with E-state index in [0.29, 0.717) is 12.8 Å². The molecule has 1 fully saturated rings. The zero-order valence-corrected chi connectivity index (χ0v) is 14.2. The zero-order chi connectivity index (χ0) is 19.9. The van der Waals surface area contributed by atoms with Gasteiger partial charge in [0.1, 0.15) is 12.3 Å². The molecule has 1 heterocycles. The third-order valence-corrected chi connectivity index (χ3v) is 4.30. The SMILES string of the molecule is O=C(Cn1nc(C(F)(F)F)c(Cl)c1C1CC1)Nc1ccc([N+](=O)[O-])cc1O. The predicted octanol–water partition coefficient (Wildman–Crippen LogP) is 3.69. The summed E-state index contributed by atoms with van der Waals surface area (Å²) in [6, 6.07) is 3.03. The van der Waals surface area contributed by atoms with E-state index in [1.54, 1.807) is 0 Å². The summed E-state index contributed by atoms with van der Waals surface area (Å²) in [5.41, 5.74) is -1.60. The normalized spacial score (nSPS) is 14.2. The number of hydrogen-bond acceptors (Lipinski definition) is 5. The van der Waals surface area contributed by atoms with Crippen molar-refractivity contribution in [1.82, 2.24) is 9.78 Å². The number of nitrogens with zero attached hydrogens (tertiary/aromatic N) is 3. The number of rotatable bonds is 5. The molecule has 0 spiro atoms. The fourth-order valence-electron chi connectivity index (χ4n) is 2.57. The summed E-state index contributed by atoms with van der Waals surface area (Å²) in [5.74, 6) is -1.51. The molecular formula is C15H12ClF3N4O4. The van der Waals surface area contributed by atoms with E-state index in [-0.39, 0.29) is 23.0 Å². The van der Waals surface area contributed by atoms with Crippen molar-refractivity contribution in [2.45, 2.75) is 31.5 Å². The van der Waals surface area contributed by atoms with E-state index < -0.39 is 40.0 Å². The first-order chi connectivity index (χ1) is 12.6. The maximum atomic E-state index is 13.0. The molecule has 1 aromatic carbocycles. The number of aromatic nitrogens is 2. The van der Waals surface area contributed by atoms with E-state index in [4.69, 9.17) is 11.6 Å². The van der Waals surface area contributed by atoms with Gasteiger partial charge in [0.25, 0.3) is 5.69 Å². The van der Waals surface area contributed by atoms with Gasteiger partial charge in [-0.05, 0) is 18.9 Å². The predicted molar refractivity (Wildman–Crippen MR) is 87.6 cm³/mol. The Kier molecular flexibility index (Phi) is 4.72. The number of carbonyl (C=O) groups excluding carboxylic acids is 1. The Labute approximate surface area is 154 Å². The third kappa shape index (κ3) is 3.97. The molecule has 8 nitrogen and oxygen atoms in total. The highest BCUT2D eigenvalue weighted by atomic mass is 35.5.